The van der Waals surface area contributed by atoms with Crippen LogP contribution in [-0.2, 0) is 29.1 Å². The van der Waals surface area contributed by atoms with Gasteiger partial charge in [0.25, 0.3) is 5.91 Å². The van der Waals surface area contributed by atoms with Crippen LogP contribution in [0.1, 0.15) is 52.6 Å². The molecule has 0 bridgehead atoms. The third-order valence-electron chi connectivity index (χ3n) is 5.84. The van der Waals surface area contributed by atoms with Gasteiger partial charge in [-0.3, -0.25) is 9.48 Å². The fourth-order valence-corrected chi connectivity index (χ4v) is 5.97. The van der Waals surface area contributed by atoms with E-state index in [1.54, 1.807) is 7.11 Å². The lowest BCUT2D eigenvalue weighted by Gasteiger charge is -2.17. The molecule has 0 saturated carbocycles. The summed E-state index contributed by atoms with van der Waals surface area (Å²) in [7, 11) is -1.37. The summed E-state index contributed by atoms with van der Waals surface area (Å²) in [6.07, 6.45) is 5.08. The van der Waals surface area contributed by atoms with Crippen molar-refractivity contribution in [2.24, 2.45) is 0 Å². The summed E-state index contributed by atoms with van der Waals surface area (Å²) in [5.74, 6) is 0.968. The largest absolute Gasteiger partial charge is 0.497 e. The first kappa shape index (κ1) is 19.9. The molecule has 29 heavy (non-hydrogen) atoms. The summed E-state index contributed by atoms with van der Waals surface area (Å²) >= 11 is 0. The number of benzene rings is 1. The smallest absolute Gasteiger partial charge is 0.272 e. The van der Waals surface area contributed by atoms with E-state index in [-0.39, 0.29) is 23.5 Å². The summed E-state index contributed by atoms with van der Waals surface area (Å²) in [6, 6.07) is 7.65. The Morgan fingerprint density at radius 1 is 1.24 bits per heavy atom. The standard InChI is InChI=1S/C21H27N3O4S/c1-28-17-8-6-15(7-9-17)10-12-22-21(25)20-18-4-2-3-5-19(18)24(23-20)16-11-13-29(26,27)14-16/h6-9,16H,2-5,10-14H2,1H3,(H,22,25). The second-order valence-electron chi connectivity index (χ2n) is 7.84. The van der Waals surface area contributed by atoms with Crippen LogP contribution in [0.5, 0.6) is 5.75 Å². The van der Waals surface area contributed by atoms with Crippen molar-refractivity contribution in [1.29, 1.82) is 0 Å². The number of aromatic nitrogens is 2. The number of hydrogen-bond donors (Lipinski definition) is 1. The highest BCUT2D eigenvalue weighted by Gasteiger charge is 2.34. The van der Waals surface area contributed by atoms with E-state index < -0.39 is 9.84 Å². The topological polar surface area (TPSA) is 90.3 Å². The Kier molecular flexibility index (Phi) is 5.63. The fourth-order valence-electron chi connectivity index (χ4n) is 4.27. The van der Waals surface area contributed by atoms with Crippen molar-refractivity contribution in [2.75, 3.05) is 25.2 Å². The Labute approximate surface area is 171 Å². The molecule has 1 unspecified atom stereocenters. The van der Waals surface area contributed by atoms with Crippen LogP contribution in [0.25, 0.3) is 0 Å². The zero-order valence-electron chi connectivity index (χ0n) is 16.7. The minimum atomic E-state index is -3.00. The average Bonchev–Trinajstić information content (AvgIpc) is 3.28. The van der Waals surface area contributed by atoms with Crippen molar-refractivity contribution in [2.45, 2.75) is 44.6 Å². The van der Waals surface area contributed by atoms with Crippen LogP contribution in [0.3, 0.4) is 0 Å². The molecule has 2 heterocycles. The Morgan fingerprint density at radius 2 is 2.00 bits per heavy atom. The zero-order valence-corrected chi connectivity index (χ0v) is 17.5. The molecule has 0 radical (unpaired) electrons. The fraction of sp³-hybridized carbons (Fsp3) is 0.524. The number of hydrogen-bond acceptors (Lipinski definition) is 5. The van der Waals surface area contributed by atoms with Crippen LogP contribution >= 0.6 is 0 Å². The second kappa shape index (κ2) is 8.18. The molecule has 2 aromatic rings. The van der Waals surface area contributed by atoms with Gasteiger partial charge in [-0.2, -0.15) is 5.10 Å². The first-order valence-electron chi connectivity index (χ1n) is 10.2. The molecule has 1 fully saturated rings. The molecule has 1 N–H and O–H groups in total. The lowest BCUT2D eigenvalue weighted by Crippen LogP contribution is -2.27. The van der Waals surface area contributed by atoms with Gasteiger partial charge in [-0.1, -0.05) is 12.1 Å². The van der Waals surface area contributed by atoms with Gasteiger partial charge >= 0.3 is 0 Å². The molecule has 1 saturated heterocycles. The van der Waals surface area contributed by atoms with Crippen LogP contribution in [0.15, 0.2) is 24.3 Å². The number of rotatable bonds is 6. The maximum atomic E-state index is 12.8. The zero-order chi connectivity index (χ0) is 20.4. The summed E-state index contributed by atoms with van der Waals surface area (Å²) in [5, 5.41) is 7.59. The number of nitrogens with one attached hydrogen (secondary N) is 1. The molecule has 1 aromatic heterocycles. The van der Waals surface area contributed by atoms with Crippen molar-refractivity contribution in [1.82, 2.24) is 15.1 Å². The van der Waals surface area contributed by atoms with Crippen molar-refractivity contribution >= 4 is 15.7 Å². The SMILES string of the molecule is COc1ccc(CCNC(=O)c2nn(C3CCS(=O)(=O)C3)c3c2CCCC3)cc1. The van der Waals surface area contributed by atoms with Crippen LogP contribution in [0, 0.1) is 0 Å². The van der Waals surface area contributed by atoms with Crippen LogP contribution in [0.2, 0.25) is 0 Å². The van der Waals surface area contributed by atoms with Crippen molar-refractivity contribution in [3.63, 3.8) is 0 Å². The van der Waals surface area contributed by atoms with Crippen LogP contribution < -0.4 is 10.1 Å². The number of methoxy groups -OCH3 is 1. The molecule has 1 aliphatic carbocycles. The molecule has 8 heteroatoms. The van der Waals surface area contributed by atoms with E-state index in [1.165, 1.54) is 0 Å². The van der Waals surface area contributed by atoms with E-state index in [1.807, 2.05) is 28.9 Å². The highest BCUT2D eigenvalue weighted by atomic mass is 32.2. The summed E-state index contributed by atoms with van der Waals surface area (Å²) < 4.78 is 30.8. The number of nitrogens with zero attached hydrogens (tertiary/aromatic N) is 2. The van der Waals surface area contributed by atoms with Crippen LogP contribution in [-0.4, -0.2) is 49.3 Å². The van der Waals surface area contributed by atoms with E-state index in [0.29, 0.717) is 18.7 Å². The highest BCUT2D eigenvalue weighted by Crippen LogP contribution is 2.31. The van der Waals surface area contributed by atoms with Gasteiger partial charge in [-0.25, -0.2) is 8.42 Å². The number of amides is 1. The predicted octanol–water partition coefficient (Wildman–Crippen LogP) is 2.10. The molecule has 1 aromatic carbocycles. The lowest BCUT2D eigenvalue weighted by molar-refractivity contribution is 0.0947. The molecule has 4 rings (SSSR count). The maximum absolute atomic E-state index is 12.8. The minimum absolute atomic E-state index is 0.125. The van der Waals surface area contributed by atoms with E-state index in [2.05, 4.69) is 10.4 Å². The Hall–Kier alpha value is -2.35. The van der Waals surface area contributed by atoms with Gasteiger partial charge < -0.3 is 10.1 Å². The monoisotopic (exact) mass is 417 g/mol. The normalized spacial score (nSPS) is 20.2. The van der Waals surface area contributed by atoms with Gasteiger partial charge in [-0.15, -0.1) is 0 Å². The van der Waals surface area contributed by atoms with Gasteiger partial charge in [0.1, 0.15) is 5.75 Å². The second-order valence-corrected chi connectivity index (χ2v) is 10.1. The molecule has 2 aliphatic rings. The first-order chi connectivity index (χ1) is 14.0. The molecule has 1 atom stereocenters. The van der Waals surface area contributed by atoms with Crippen molar-refractivity contribution < 1.29 is 17.9 Å². The maximum Gasteiger partial charge on any atom is 0.272 e. The van der Waals surface area contributed by atoms with E-state index in [9.17, 15) is 13.2 Å². The quantitative estimate of drug-likeness (QED) is 0.777. The lowest BCUT2D eigenvalue weighted by atomic mass is 9.95. The third-order valence-corrected chi connectivity index (χ3v) is 7.59. The van der Waals surface area contributed by atoms with Gasteiger partial charge in [0.2, 0.25) is 0 Å². The number of sulfone groups is 1. The van der Waals surface area contributed by atoms with E-state index in [0.717, 1.165) is 54.7 Å². The van der Waals surface area contributed by atoms with Crippen LogP contribution in [0.4, 0.5) is 0 Å². The molecule has 7 nitrogen and oxygen atoms in total. The first-order valence-corrected chi connectivity index (χ1v) is 12.0. The van der Waals surface area contributed by atoms with Gasteiger partial charge in [0, 0.05) is 17.8 Å². The molecule has 156 valence electrons. The highest BCUT2D eigenvalue weighted by molar-refractivity contribution is 7.91. The van der Waals surface area contributed by atoms with E-state index in [4.69, 9.17) is 4.74 Å². The molecule has 0 spiro atoms. The Bertz CT molecular complexity index is 996. The molecule has 1 amide bonds. The summed E-state index contributed by atoms with van der Waals surface area (Å²) in [6.45, 7) is 0.518. The Balaban J connectivity index is 1.46. The molecule has 1 aliphatic heterocycles. The molecular formula is C21H27N3O4S. The number of ether oxygens (including phenoxy) is 1. The van der Waals surface area contributed by atoms with Gasteiger partial charge in [0.15, 0.2) is 15.5 Å². The Morgan fingerprint density at radius 3 is 2.69 bits per heavy atom. The predicted molar refractivity (Wildman–Crippen MR) is 110 cm³/mol. The average molecular weight is 418 g/mol. The number of carbonyl (C=O) groups is 1. The summed E-state index contributed by atoms with van der Waals surface area (Å²) in [4.78, 5) is 12.8. The van der Waals surface area contributed by atoms with E-state index >= 15 is 0 Å². The molecular weight excluding hydrogens is 390 g/mol. The van der Waals surface area contributed by atoms with Crippen molar-refractivity contribution in [3.8, 4) is 5.75 Å². The van der Waals surface area contributed by atoms with Gasteiger partial charge in [-0.05, 0) is 56.2 Å². The third kappa shape index (κ3) is 4.32. The van der Waals surface area contributed by atoms with Gasteiger partial charge in [0.05, 0.1) is 24.7 Å². The summed E-state index contributed by atoms with van der Waals surface area (Å²) in [5.41, 5.74) is 3.65. The van der Waals surface area contributed by atoms with Crippen molar-refractivity contribution in [3.05, 3.63) is 46.8 Å². The minimum Gasteiger partial charge on any atom is -0.497 e. The number of fused-ring (bicyclic) bond motifs is 1. The number of carbonyl (C=O) groups excluding carboxylic acids is 1.